The first-order valence-electron chi connectivity index (χ1n) is 6.61. The number of carbonyl (C=O) groups excluding carboxylic acids is 1. The van der Waals surface area contributed by atoms with E-state index in [-0.39, 0.29) is 12.2 Å². The Morgan fingerprint density at radius 1 is 1.50 bits per heavy atom. The molecule has 3 N–H and O–H groups in total. The van der Waals surface area contributed by atoms with Crippen LogP contribution in [0.3, 0.4) is 0 Å². The Morgan fingerprint density at radius 3 is 3.00 bits per heavy atom. The number of nitrogens with one attached hydrogen (secondary N) is 1. The molecule has 98 valence electrons. The lowest BCUT2D eigenvalue weighted by Crippen LogP contribution is -2.48. The van der Waals surface area contributed by atoms with Crippen molar-refractivity contribution in [1.29, 1.82) is 0 Å². The average Bonchev–Trinajstić information content (AvgIpc) is 2.39. The Kier molecular flexibility index (Phi) is 4.20. The van der Waals surface area contributed by atoms with E-state index in [4.69, 9.17) is 5.73 Å². The third-order valence-corrected chi connectivity index (χ3v) is 3.43. The van der Waals surface area contributed by atoms with E-state index in [1.807, 2.05) is 12.1 Å². The fourth-order valence-corrected chi connectivity index (χ4v) is 2.46. The van der Waals surface area contributed by atoms with Crippen molar-refractivity contribution in [1.82, 2.24) is 10.2 Å². The van der Waals surface area contributed by atoms with Gasteiger partial charge in [-0.2, -0.15) is 0 Å². The van der Waals surface area contributed by atoms with E-state index < -0.39 is 0 Å². The zero-order valence-electron chi connectivity index (χ0n) is 10.9. The molecule has 0 saturated heterocycles. The number of benzene rings is 1. The number of amides is 2. The maximum absolute atomic E-state index is 11.6. The summed E-state index contributed by atoms with van der Waals surface area (Å²) in [5.41, 5.74) is 8.00. The summed E-state index contributed by atoms with van der Waals surface area (Å²) in [5, 5.41) is 3.39. The molecule has 1 unspecified atom stereocenters. The van der Waals surface area contributed by atoms with Gasteiger partial charge in [0.15, 0.2) is 0 Å². The summed E-state index contributed by atoms with van der Waals surface area (Å²) in [6.07, 6.45) is 2.97. The van der Waals surface area contributed by atoms with Crippen molar-refractivity contribution < 1.29 is 4.79 Å². The zero-order valence-corrected chi connectivity index (χ0v) is 10.9. The molecule has 2 amide bonds. The number of fused-ring (bicyclic) bond motifs is 1. The van der Waals surface area contributed by atoms with Gasteiger partial charge >= 0.3 is 6.03 Å². The summed E-state index contributed by atoms with van der Waals surface area (Å²) in [7, 11) is 0. The lowest BCUT2D eigenvalue weighted by molar-refractivity contribution is 0.164. The van der Waals surface area contributed by atoms with Crippen LogP contribution in [0.1, 0.15) is 37.1 Å². The number of nitrogens with zero attached hydrogens (tertiary/aromatic N) is 1. The van der Waals surface area contributed by atoms with E-state index in [9.17, 15) is 4.79 Å². The number of unbranched alkanes of at least 4 members (excludes halogenated alkanes) is 1. The van der Waals surface area contributed by atoms with Crippen LogP contribution in [0.5, 0.6) is 0 Å². The Morgan fingerprint density at radius 2 is 2.28 bits per heavy atom. The molecule has 18 heavy (non-hydrogen) atoms. The summed E-state index contributed by atoms with van der Waals surface area (Å²) >= 11 is 0. The van der Waals surface area contributed by atoms with Gasteiger partial charge < -0.3 is 10.6 Å². The number of primary amides is 1. The van der Waals surface area contributed by atoms with Crippen molar-refractivity contribution in [2.45, 2.75) is 32.4 Å². The van der Waals surface area contributed by atoms with Gasteiger partial charge in [-0.3, -0.25) is 5.32 Å². The van der Waals surface area contributed by atoms with Gasteiger partial charge in [0.1, 0.15) is 6.17 Å². The molecule has 4 heteroatoms. The monoisotopic (exact) mass is 247 g/mol. The molecular weight excluding hydrogens is 226 g/mol. The van der Waals surface area contributed by atoms with Gasteiger partial charge in [-0.25, -0.2) is 4.79 Å². The van der Waals surface area contributed by atoms with Crippen LogP contribution < -0.4 is 11.1 Å². The highest BCUT2D eigenvalue weighted by Crippen LogP contribution is 2.25. The third kappa shape index (κ3) is 2.64. The molecule has 1 aromatic rings. The van der Waals surface area contributed by atoms with Crippen molar-refractivity contribution in [3.8, 4) is 0 Å². The zero-order chi connectivity index (χ0) is 13.0. The van der Waals surface area contributed by atoms with Gasteiger partial charge in [-0.1, -0.05) is 37.6 Å². The highest BCUT2D eigenvalue weighted by atomic mass is 16.2. The second kappa shape index (κ2) is 5.87. The molecule has 1 aromatic carbocycles. The SMILES string of the molecule is CCCCN(C(N)=O)C1NCCc2ccccc21. The highest BCUT2D eigenvalue weighted by molar-refractivity contribution is 5.72. The van der Waals surface area contributed by atoms with Crippen LogP contribution >= 0.6 is 0 Å². The van der Waals surface area contributed by atoms with E-state index in [0.29, 0.717) is 6.54 Å². The lowest BCUT2D eigenvalue weighted by atomic mass is 9.97. The molecule has 0 saturated carbocycles. The van der Waals surface area contributed by atoms with Crippen LogP contribution in [-0.2, 0) is 6.42 Å². The van der Waals surface area contributed by atoms with Crippen molar-refractivity contribution in [3.63, 3.8) is 0 Å². The summed E-state index contributed by atoms with van der Waals surface area (Å²) in [6, 6.07) is 7.91. The second-order valence-corrected chi connectivity index (χ2v) is 4.69. The molecule has 1 aliphatic heterocycles. The van der Waals surface area contributed by atoms with Gasteiger partial charge in [0.05, 0.1) is 0 Å². The van der Waals surface area contributed by atoms with Crippen LogP contribution in [0.4, 0.5) is 4.79 Å². The quantitative estimate of drug-likeness (QED) is 0.855. The standard InChI is InChI=1S/C14H21N3O/c1-2-3-10-17(14(15)18)13-12-7-5-4-6-11(12)8-9-16-13/h4-7,13,16H,2-3,8-10H2,1H3,(H2,15,18). The predicted molar refractivity (Wildman–Crippen MR) is 72.1 cm³/mol. The summed E-state index contributed by atoms with van der Waals surface area (Å²) in [6.45, 7) is 3.71. The lowest BCUT2D eigenvalue weighted by Gasteiger charge is -2.35. The number of hydrogen-bond acceptors (Lipinski definition) is 2. The first-order valence-corrected chi connectivity index (χ1v) is 6.61. The van der Waals surface area contributed by atoms with Crippen LogP contribution in [0, 0.1) is 0 Å². The largest absolute Gasteiger partial charge is 0.351 e. The van der Waals surface area contributed by atoms with Crippen molar-refractivity contribution in [2.75, 3.05) is 13.1 Å². The normalized spacial score (nSPS) is 18.2. The maximum Gasteiger partial charge on any atom is 0.316 e. The van der Waals surface area contributed by atoms with Crippen molar-refractivity contribution >= 4 is 6.03 Å². The van der Waals surface area contributed by atoms with Crippen LogP contribution in [0.15, 0.2) is 24.3 Å². The van der Waals surface area contributed by atoms with E-state index in [1.165, 1.54) is 11.1 Å². The Balaban J connectivity index is 2.23. The Labute approximate surface area is 108 Å². The molecule has 4 nitrogen and oxygen atoms in total. The molecular formula is C14H21N3O. The number of hydrogen-bond donors (Lipinski definition) is 2. The highest BCUT2D eigenvalue weighted by Gasteiger charge is 2.26. The van der Waals surface area contributed by atoms with E-state index in [2.05, 4.69) is 24.4 Å². The molecule has 2 rings (SSSR count). The van der Waals surface area contributed by atoms with E-state index in [1.54, 1.807) is 4.90 Å². The third-order valence-electron chi connectivity index (χ3n) is 3.43. The minimum absolute atomic E-state index is 0.0704. The molecule has 1 heterocycles. The summed E-state index contributed by atoms with van der Waals surface area (Å²) < 4.78 is 0. The van der Waals surface area contributed by atoms with Gasteiger partial charge in [0.2, 0.25) is 0 Å². The topological polar surface area (TPSA) is 58.4 Å². The Bertz CT molecular complexity index is 419. The molecule has 0 fully saturated rings. The average molecular weight is 247 g/mol. The number of nitrogens with two attached hydrogens (primary N) is 1. The van der Waals surface area contributed by atoms with Crippen LogP contribution in [0.2, 0.25) is 0 Å². The summed E-state index contributed by atoms with van der Waals surface area (Å²) in [5.74, 6) is 0. The van der Waals surface area contributed by atoms with Crippen LogP contribution in [0.25, 0.3) is 0 Å². The molecule has 0 radical (unpaired) electrons. The second-order valence-electron chi connectivity index (χ2n) is 4.69. The van der Waals surface area contributed by atoms with E-state index in [0.717, 1.165) is 25.8 Å². The van der Waals surface area contributed by atoms with E-state index >= 15 is 0 Å². The number of urea groups is 1. The van der Waals surface area contributed by atoms with Gasteiger partial charge in [0, 0.05) is 13.1 Å². The molecule has 0 bridgehead atoms. The van der Waals surface area contributed by atoms with Crippen molar-refractivity contribution in [3.05, 3.63) is 35.4 Å². The molecule has 0 aliphatic carbocycles. The molecule has 0 spiro atoms. The fraction of sp³-hybridized carbons (Fsp3) is 0.500. The molecule has 1 aliphatic rings. The fourth-order valence-electron chi connectivity index (χ4n) is 2.46. The minimum Gasteiger partial charge on any atom is -0.351 e. The van der Waals surface area contributed by atoms with Gasteiger partial charge in [0.25, 0.3) is 0 Å². The first kappa shape index (κ1) is 12.9. The molecule has 0 aromatic heterocycles. The number of rotatable bonds is 4. The van der Waals surface area contributed by atoms with Crippen molar-refractivity contribution in [2.24, 2.45) is 5.73 Å². The van der Waals surface area contributed by atoms with Gasteiger partial charge in [-0.15, -0.1) is 0 Å². The summed E-state index contributed by atoms with van der Waals surface area (Å²) in [4.78, 5) is 13.4. The smallest absolute Gasteiger partial charge is 0.316 e. The maximum atomic E-state index is 11.6. The minimum atomic E-state index is -0.349. The Hall–Kier alpha value is -1.55. The predicted octanol–water partition coefficient (Wildman–Crippen LogP) is 2.01. The van der Waals surface area contributed by atoms with Gasteiger partial charge in [-0.05, 0) is 24.0 Å². The molecule has 1 atom stereocenters. The van der Waals surface area contributed by atoms with Crippen LogP contribution in [-0.4, -0.2) is 24.0 Å². The number of carbonyl (C=O) groups is 1. The first-order chi connectivity index (χ1) is 8.74.